The lowest BCUT2D eigenvalue weighted by Gasteiger charge is -2.24. The highest BCUT2D eigenvalue weighted by Gasteiger charge is 2.35. The second-order valence-corrected chi connectivity index (χ2v) is 9.39. The molecule has 2 aromatic rings. The normalized spacial score (nSPS) is 13.5. The van der Waals surface area contributed by atoms with Gasteiger partial charge in [0, 0.05) is 25.6 Å². The van der Waals surface area contributed by atoms with E-state index in [4.69, 9.17) is 22.4 Å². The van der Waals surface area contributed by atoms with Crippen molar-refractivity contribution in [3.05, 3.63) is 53.1 Å². The molecule has 0 radical (unpaired) electrons. The molecule has 42 heavy (non-hydrogen) atoms. The number of aliphatic carboxylic acids is 1. The minimum atomic E-state index is -1.02. The number of benzene rings is 2. The number of hydrogen-bond acceptors (Lipinski definition) is 7. The predicted molar refractivity (Wildman–Crippen MR) is 165 cm³/mol. The van der Waals surface area contributed by atoms with Crippen LogP contribution in [0.5, 0.6) is 0 Å². The fourth-order valence-corrected chi connectivity index (χ4v) is 3.49. The van der Waals surface area contributed by atoms with Crippen LogP contribution in [0.15, 0.2) is 42.5 Å². The summed E-state index contributed by atoms with van der Waals surface area (Å²) >= 11 is 5.96. The molecule has 0 saturated heterocycles. The number of nitrogen functional groups attached to an aromatic ring is 1. The number of fused-ring (bicyclic) bond motifs is 1. The molecular weight excluding hydrogens is 566 g/mol. The number of nitrogens with zero attached hydrogens (tertiary/aromatic N) is 2. The van der Waals surface area contributed by atoms with Gasteiger partial charge in [-0.1, -0.05) is 58.4 Å². The number of halogens is 1. The first kappa shape index (κ1) is 37.8. The molecule has 13 heteroatoms. The molecule has 0 saturated carbocycles. The number of carboxylic acid groups (broad SMARTS) is 1. The van der Waals surface area contributed by atoms with Crippen LogP contribution >= 0.6 is 11.6 Å². The molecule has 1 aliphatic rings. The number of para-hydroxylation sites is 2. The van der Waals surface area contributed by atoms with Gasteiger partial charge in [-0.05, 0) is 36.2 Å². The smallest absolute Gasteiger partial charge is 0.303 e. The number of anilines is 3. The number of nitrogens with one attached hydrogen (secondary N) is 2. The number of nitrogens with two attached hydrogens (primary N) is 1. The van der Waals surface area contributed by atoms with E-state index in [9.17, 15) is 29.1 Å². The van der Waals surface area contributed by atoms with Crippen molar-refractivity contribution in [3.8, 4) is 0 Å². The first-order valence-corrected chi connectivity index (χ1v) is 13.8. The van der Waals surface area contributed by atoms with Crippen LogP contribution in [0, 0.1) is 5.92 Å². The molecule has 0 aliphatic carbocycles. The minimum absolute atomic E-state index is 0.117. The molecule has 1 unspecified atom stereocenters. The van der Waals surface area contributed by atoms with Crippen molar-refractivity contribution < 1.29 is 34.2 Å². The third-order valence-corrected chi connectivity index (χ3v) is 5.77. The lowest BCUT2D eigenvalue weighted by Crippen LogP contribution is -2.52. The van der Waals surface area contributed by atoms with E-state index in [1.807, 2.05) is 13.8 Å². The Morgan fingerprint density at radius 3 is 2.17 bits per heavy atom. The van der Waals surface area contributed by atoms with Crippen LogP contribution in [-0.2, 0) is 19.2 Å². The van der Waals surface area contributed by atoms with Gasteiger partial charge in [0.25, 0.3) is 17.7 Å². The SMILES string of the molecule is CC.CC(C)CNC=O.CCC(=O)O.CN1C(=O)C(NC(=O)c2ccc(N)c(Cl)c2)CN(C(=O)CO)c2ccccc21. The third-order valence-electron chi connectivity index (χ3n) is 5.44. The van der Waals surface area contributed by atoms with Gasteiger partial charge < -0.3 is 36.4 Å². The summed E-state index contributed by atoms with van der Waals surface area (Å²) in [5.41, 5.74) is 7.20. The summed E-state index contributed by atoms with van der Waals surface area (Å²) in [6.07, 6.45) is 0.944. The van der Waals surface area contributed by atoms with Crippen LogP contribution in [0.4, 0.5) is 17.1 Å². The Morgan fingerprint density at radius 2 is 1.71 bits per heavy atom. The largest absolute Gasteiger partial charge is 0.481 e. The first-order valence-electron chi connectivity index (χ1n) is 13.4. The quantitative estimate of drug-likeness (QED) is 0.235. The monoisotopic (exact) mass is 607 g/mol. The molecule has 0 bridgehead atoms. The Balaban J connectivity index is 0.00000100. The number of carbonyl (C=O) groups is 5. The number of aliphatic hydroxyl groups excluding tert-OH is 1. The standard InChI is InChI=1S/C19H19ClN4O4.C5H11NO.C3H6O2.C2H6/c1-23-15-4-2-3-5-16(15)24(17(26)10-25)9-14(19(23)28)22-18(27)11-6-7-13(21)12(20)8-11;1-5(2)3-6-4-7;1-2-3(4)5;1-2/h2-8,14,25H,9-10,21H2,1H3,(H,22,27);4-5H,3H2,1-2H3,(H,6,7);2H2,1H3,(H,4,5);1-2H3. The van der Waals surface area contributed by atoms with Crippen molar-refractivity contribution >= 4 is 58.8 Å². The Bertz CT molecular complexity index is 1190. The number of aliphatic hydroxyl groups is 1. The molecule has 4 amide bonds. The molecule has 6 N–H and O–H groups in total. The van der Waals surface area contributed by atoms with Gasteiger partial charge in [-0.15, -0.1) is 0 Å². The van der Waals surface area contributed by atoms with Crippen molar-refractivity contribution in [2.75, 3.05) is 42.3 Å². The van der Waals surface area contributed by atoms with Crippen molar-refractivity contribution in [3.63, 3.8) is 0 Å². The summed E-state index contributed by atoms with van der Waals surface area (Å²) in [4.78, 5) is 59.5. The zero-order valence-corrected chi connectivity index (χ0v) is 25.6. The fraction of sp³-hybridized carbons (Fsp3) is 0.414. The third kappa shape index (κ3) is 12.1. The lowest BCUT2D eigenvalue weighted by atomic mass is 10.1. The Labute approximate surface area is 251 Å². The molecule has 232 valence electrons. The van der Waals surface area contributed by atoms with E-state index in [1.165, 1.54) is 28.0 Å². The van der Waals surface area contributed by atoms with E-state index in [2.05, 4.69) is 24.5 Å². The van der Waals surface area contributed by atoms with Crippen LogP contribution in [-0.4, -0.2) is 73.1 Å². The van der Waals surface area contributed by atoms with Crippen LogP contribution in [0.25, 0.3) is 0 Å². The van der Waals surface area contributed by atoms with Gasteiger partial charge in [0.2, 0.25) is 6.41 Å². The van der Waals surface area contributed by atoms with E-state index < -0.39 is 36.3 Å². The van der Waals surface area contributed by atoms with E-state index >= 15 is 0 Å². The zero-order valence-electron chi connectivity index (χ0n) is 24.9. The number of likely N-dealkylation sites (N-methyl/N-ethyl adjacent to an activating group) is 1. The van der Waals surface area contributed by atoms with Gasteiger partial charge in [0.05, 0.1) is 28.6 Å². The summed E-state index contributed by atoms with van der Waals surface area (Å²) in [6, 6.07) is 10.2. The average molecular weight is 608 g/mol. The topological polar surface area (TPSA) is 182 Å². The molecule has 1 atom stereocenters. The summed E-state index contributed by atoms with van der Waals surface area (Å²) in [5, 5.41) is 22.5. The molecule has 12 nitrogen and oxygen atoms in total. The predicted octanol–water partition coefficient (Wildman–Crippen LogP) is 2.92. The molecule has 3 rings (SSSR count). The number of carboxylic acids is 1. The number of amides is 4. The first-order chi connectivity index (χ1) is 19.9. The van der Waals surface area contributed by atoms with Gasteiger partial charge in [-0.25, -0.2) is 0 Å². The Kier molecular flexibility index (Phi) is 17.9. The van der Waals surface area contributed by atoms with Crippen molar-refractivity contribution in [1.29, 1.82) is 0 Å². The van der Waals surface area contributed by atoms with Gasteiger partial charge >= 0.3 is 5.97 Å². The molecule has 0 aromatic heterocycles. The maximum atomic E-state index is 12.9. The minimum Gasteiger partial charge on any atom is -0.481 e. The lowest BCUT2D eigenvalue weighted by molar-refractivity contribution is -0.136. The number of rotatable bonds is 7. The van der Waals surface area contributed by atoms with Gasteiger partial charge in [-0.2, -0.15) is 0 Å². The van der Waals surface area contributed by atoms with Gasteiger partial charge in [0.15, 0.2) is 0 Å². The van der Waals surface area contributed by atoms with Crippen LogP contribution in [0.2, 0.25) is 5.02 Å². The molecule has 1 aliphatic heterocycles. The molecule has 1 heterocycles. The van der Waals surface area contributed by atoms with Crippen LogP contribution < -0.4 is 26.2 Å². The maximum absolute atomic E-state index is 12.9. The molecule has 0 spiro atoms. The van der Waals surface area contributed by atoms with E-state index in [1.54, 1.807) is 38.2 Å². The highest BCUT2D eigenvalue weighted by Crippen LogP contribution is 2.32. The molecule has 0 fully saturated rings. The van der Waals surface area contributed by atoms with Crippen molar-refractivity contribution in [2.24, 2.45) is 5.92 Å². The van der Waals surface area contributed by atoms with Crippen molar-refractivity contribution in [2.45, 2.75) is 47.1 Å². The highest BCUT2D eigenvalue weighted by molar-refractivity contribution is 6.33. The van der Waals surface area contributed by atoms with E-state index in [0.717, 1.165) is 13.0 Å². The zero-order chi connectivity index (χ0) is 32.4. The average Bonchev–Trinajstić information content (AvgIpc) is 3.09. The second kappa shape index (κ2) is 19.8. The second-order valence-electron chi connectivity index (χ2n) is 8.98. The molecule has 2 aromatic carbocycles. The summed E-state index contributed by atoms with van der Waals surface area (Å²) < 4.78 is 0. The summed E-state index contributed by atoms with van der Waals surface area (Å²) in [7, 11) is 1.56. The fourth-order valence-electron chi connectivity index (χ4n) is 3.31. The van der Waals surface area contributed by atoms with E-state index in [0.29, 0.717) is 23.0 Å². The van der Waals surface area contributed by atoms with Crippen LogP contribution in [0.3, 0.4) is 0 Å². The highest BCUT2D eigenvalue weighted by atomic mass is 35.5. The Morgan fingerprint density at radius 1 is 1.14 bits per heavy atom. The number of carbonyl (C=O) groups excluding carboxylic acids is 4. The number of hydrogen-bond donors (Lipinski definition) is 5. The maximum Gasteiger partial charge on any atom is 0.303 e. The van der Waals surface area contributed by atoms with E-state index in [-0.39, 0.29) is 23.6 Å². The summed E-state index contributed by atoms with van der Waals surface area (Å²) in [5.74, 6) is -1.69. The van der Waals surface area contributed by atoms with Crippen LogP contribution in [0.1, 0.15) is 51.4 Å². The van der Waals surface area contributed by atoms with Gasteiger partial charge in [-0.3, -0.25) is 24.0 Å². The van der Waals surface area contributed by atoms with Gasteiger partial charge in [0.1, 0.15) is 12.6 Å². The van der Waals surface area contributed by atoms with Crippen molar-refractivity contribution in [1.82, 2.24) is 10.6 Å². The summed E-state index contributed by atoms with van der Waals surface area (Å²) in [6.45, 7) is 9.65. The molecular formula is C29H42ClN5O7. The Hall–Kier alpha value is -4.16.